The van der Waals surface area contributed by atoms with E-state index in [0.29, 0.717) is 38.4 Å². The molecule has 0 spiro atoms. The zero-order valence-corrected chi connectivity index (χ0v) is 20.8. The second-order valence-corrected chi connectivity index (χ2v) is 8.81. The summed E-state index contributed by atoms with van der Waals surface area (Å²) in [6.45, 7) is 1.83. The van der Waals surface area contributed by atoms with Gasteiger partial charge < -0.3 is 15.4 Å². The monoisotopic (exact) mass is 529 g/mol. The van der Waals surface area contributed by atoms with Gasteiger partial charge in [0.25, 0.3) is 17.7 Å². The summed E-state index contributed by atoms with van der Waals surface area (Å²) < 4.78 is 5.31. The molecule has 1 aliphatic heterocycles. The van der Waals surface area contributed by atoms with Gasteiger partial charge in [0.2, 0.25) is 0 Å². The number of benzene rings is 3. The summed E-state index contributed by atoms with van der Waals surface area (Å²) in [5, 5.41) is 6.10. The van der Waals surface area contributed by atoms with Gasteiger partial charge in [0.15, 0.2) is 0 Å². The average Bonchev–Trinajstić information content (AvgIpc) is 3.04. The number of anilines is 3. The van der Waals surface area contributed by atoms with Crippen molar-refractivity contribution in [1.29, 1.82) is 0 Å². The van der Waals surface area contributed by atoms with Crippen molar-refractivity contribution in [1.82, 2.24) is 0 Å². The van der Waals surface area contributed by atoms with Gasteiger partial charge in [0.05, 0.1) is 23.5 Å². The Hall–Kier alpha value is -3.52. The summed E-state index contributed by atoms with van der Waals surface area (Å²) in [5.74, 6) is -1.32. The van der Waals surface area contributed by atoms with Crippen LogP contribution in [0.15, 0.2) is 71.4 Å². The first-order valence-electron chi connectivity index (χ1n) is 10.3. The van der Waals surface area contributed by atoms with Gasteiger partial charge in [-0.25, -0.2) is 4.90 Å². The Morgan fingerprint density at radius 3 is 2.29 bits per heavy atom. The third-order valence-corrected chi connectivity index (χ3v) is 6.10. The van der Waals surface area contributed by atoms with Crippen molar-refractivity contribution >= 4 is 69.6 Å². The van der Waals surface area contributed by atoms with Gasteiger partial charge in [-0.15, -0.1) is 0 Å². The molecule has 0 atom stereocenters. The molecule has 7 nitrogen and oxygen atoms in total. The Morgan fingerprint density at radius 1 is 0.914 bits per heavy atom. The van der Waals surface area contributed by atoms with E-state index < -0.39 is 11.8 Å². The lowest BCUT2D eigenvalue weighted by molar-refractivity contribution is -0.120. The SMILES string of the molecule is COc1ccc(C)cc1N1C(=O)C(Cl)=C(Nc2ccc(C(=O)Nc3ccc(Cl)cc3Cl)cc2)C1=O. The fraction of sp³-hybridized carbons (Fsp3) is 0.0800. The van der Waals surface area contributed by atoms with Gasteiger partial charge in [-0.2, -0.15) is 0 Å². The molecule has 0 saturated heterocycles. The maximum atomic E-state index is 13.1. The number of methoxy groups -OCH3 is 1. The molecule has 0 aliphatic carbocycles. The van der Waals surface area contributed by atoms with Crippen molar-refractivity contribution in [3.8, 4) is 5.75 Å². The van der Waals surface area contributed by atoms with Gasteiger partial charge in [-0.05, 0) is 67.1 Å². The van der Waals surface area contributed by atoms with Crippen LogP contribution in [0, 0.1) is 6.92 Å². The van der Waals surface area contributed by atoms with Crippen LogP contribution in [0.3, 0.4) is 0 Å². The highest BCUT2D eigenvalue weighted by atomic mass is 35.5. The minimum absolute atomic E-state index is 0.0784. The van der Waals surface area contributed by atoms with E-state index in [1.807, 2.05) is 6.92 Å². The van der Waals surface area contributed by atoms with E-state index in [2.05, 4.69) is 10.6 Å². The molecule has 35 heavy (non-hydrogen) atoms. The van der Waals surface area contributed by atoms with E-state index in [0.717, 1.165) is 10.5 Å². The zero-order valence-electron chi connectivity index (χ0n) is 18.5. The van der Waals surface area contributed by atoms with Crippen LogP contribution in [-0.2, 0) is 9.59 Å². The van der Waals surface area contributed by atoms with Crippen LogP contribution in [0.25, 0.3) is 0 Å². The van der Waals surface area contributed by atoms with E-state index in [-0.39, 0.29) is 16.6 Å². The minimum atomic E-state index is -0.668. The van der Waals surface area contributed by atoms with Gasteiger partial charge in [-0.3, -0.25) is 14.4 Å². The third-order valence-electron chi connectivity index (χ3n) is 5.20. The van der Waals surface area contributed by atoms with Crippen LogP contribution in [-0.4, -0.2) is 24.8 Å². The third kappa shape index (κ3) is 4.98. The highest BCUT2D eigenvalue weighted by molar-refractivity contribution is 6.53. The number of nitrogens with one attached hydrogen (secondary N) is 2. The lowest BCUT2D eigenvalue weighted by Gasteiger charge is -2.18. The predicted octanol–water partition coefficient (Wildman–Crippen LogP) is 6.00. The Bertz CT molecular complexity index is 1390. The number of halogens is 3. The second-order valence-electron chi connectivity index (χ2n) is 7.59. The Morgan fingerprint density at radius 2 is 1.63 bits per heavy atom. The number of hydrogen-bond acceptors (Lipinski definition) is 5. The number of imide groups is 1. The molecular weight excluding hydrogens is 513 g/mol. The van der Waals surface area contributed by atoms with Gasteiger partial charge in [-0.1, -0.05) is 40.9 Å². The number of amides is 3. The Balaban J connectivity index is 1.51. The molecule has 3 aromatic rings. The van der Waals surface area contributed by atoms with Gasteiger partial charge >= 0.3 is 0 Å². The lowest BCUT2D eigenvalue weighted by atomic mass is 10.1. The van der Waals surface area contributed by atoms with Crippen molar-refractivity contribution < 1.29 is 19.1 Å². The topological polar surface area (TPSA) is 87.7 Å². The van der Waals surface area contributed by atoms with Gasteiger partial charge in [0, 0.05) is 16.3 Å². The first-order valence-corrected chi connectivity index (χ1v) is 11.4. The number of ether oxygens (including phenoxy) is 1. The normalized spacial score (nSPS) is 13.3. The fourth-order valence-corrected chi connectivity index (χ4v) is 4.11. The molecule has 10 heteroatoms. The molecule has 0 bridgehead atoms. The summed E-state index contributed by atoms with van der Waals surface area (Å²) in [6.07, 6.45) is 0. The molecule has 0 aromatic heterocycles. The van der Waals surface area contributed by atoms with Crippen LogP contribution in [0.2, 0.25) is 10.0 Å². The molecule has 178 valence electrons. The highest BCUT2D eigenvalue weighted by Crippen LogP contribution is 2.36. The fourth-order valence-electron chi connectivity index (χ4n) is 3.44. The molecule has 1 heterocycles. The number of hydrogen-bond donors (Lipinski definition) is 2. The molecule has 0 fully saturated rings. The Kier molecular flexibility index (Phi) is 7.03. The number of carbonyl (C=O) groups is 3. The molecular formula is C25H18Cl3N3O4. The van der Waals surface area contributed by atoms with Gasteiger partial charge in [0.1, 0.15) is 16.5 Å². The molecule has 3 amide bonds. The summed E-state index contributed by atoms with van der Waals surface area (Å²) in [7, 11) is 1.45. The first kappa shape index (κ1) is 24.6. The number of nitrogens with zero attached hydrogens (tertiary/aromatic N) is 1. The van der Waals surface area contributed by atoms with Crippen molar-refractivity contribution in [2.24, 2.45) is 0 Å². The number of carbonyl (C=O) groups excluding carboxylic acids is 3. The smallest absolute Gasteiger partial charge is 0.283 e. The summed E-state index contributed by atoms with van der Waals surface area (Å²) in [4.78, 5) is 39.5. The van der Waals surface area contributed by atoms with Crippen molar-refractivity contribution in [2.75, 3.05) is 22.6 Å². The maximum absolute atomic E-state index is 13.1. The quantitative estimate of drug-likeness (QED) is 0.382. The number of aryl methyl sites for hydroxylation is 1. The summed E-state index contributed by atoms with van der Waals surface area (Å²) in [6, 6.07) is 16.2. The van der Waals surface area contributed by atoms with E-state index >= 15 is 0 Å². The zero-order chi connectivity index (χ0) is 25.3. The lowest BCUT2D eigenvalue weighted by Crippen LogP contribution is -2.32. The second kappa shape index (κ2) is 10.00. The average molecular weight is 531 g/mol. The number of rotatable bonds is 6. The molecule has 4 rings (SSSR count). The van der Waals surface area contributed by atoms with Crippen LogP contribution >= 0.6 is 34.8 Å². The van der Waals surface area contributed by atoms with Crippen LogP contribution in [0.5, 0.6) is 5.75 Å². The van der Waals surface area contributed by atoms with Crippen molar-refractivity contribution in [2.45, 2.75) is 6.92 Å². The van der Waals surface area contributed by atoms with E-state index in [9.17, 15) is 14.4 Å². The summed E-state index contributed by atoms with van der Waals surface area (Å²) in [5.41, 5.74) is 2.28. The van der Waals surface area contributed by atoms with E-state index in [4.69, 9.17) is 39.5 Å². The molecule has 0 radical (unpaired) electrons. The minimum Gasteiger partial charge on any atom is -0.495 e. The maximum Gasteiger partial charge on any atom is 0.283 e. The van der Waals surface area contributed by atoms with Crippen molar-refractivity contribution in [3.63, 3.8) is 0 Å². The molecule has 1 aliphatic rings. The van der Waals surface area contributed by atoms with Crippen molar-refractivity contribution in [3.05, 3.63) is 92.6 Å². The largest absolute Gasteiger partial charge is 0.495 e. The van der Waals surface area contributed by atoms with Crippen LogP contribution in [0.4, 0.5) is 17.1 Å². The molecule has 0 saturated carbocycles. The Labute approximate surface area is 216 Å². The first-order chi connectivity index (χ1) is 16.7. The summed E-state index contributed by atoms with van der Waals surface area (Å²) >= 11 is 18.2. The van der Waals surface area contributed by atoms with Crippen LogP contribution < -0.4 is 20.3 Å². The molecule has 0 unspecified atom stereocenters. The highest BCUT2D eigenvalue weighted by Gasteiger charge is 2.40. The standard InChI is InChI=1S/C25H18Cl3N3O4/c1-13-3-10-20(35-2)19(11-13)31-24(33)21(28)22(25(31)34)29-16-7-4-14(5-8-16)23(32)30-18-9-6-15(26)12-17(18)27/h3-12,29H,1-2H3,(H,30,32). The molecule has 2 N–H and O–H groups in total. The van der Waals surface area contributed by atoms with E-state index in [1.54, 1.807) is 54.6 Å². The molecule has 3 aromatic carbocycles. The predicted molar refractivity (Wildman–Crippen MR) is 138 cm³/mol. The van der Waals surface area contributed by atoms with E-state index in [1.165, 1.54) is 13.2 Å². The van der Waals surface area contributed by atoms with Crippen LogP contribution in [0.1, 0.15) is 15.9 Å².